The Labute approximate surface area is 145 Å². The monoisotopic (exact) mass is 340 g/mol. The molecular weight excluding hydrogens is 320 g/mol. The molecule has 2 atom stereocenters. The lowest BCUT2D eigenvalue weighted by atomic mass is 9.66. The number of aromatic hydroxyl groups is 2. The number of ether oxygens (including phenoxy) is 1. The van der Waals surface area contributed by atoms with Crippen LogP contribution in [0.2, 0.25) is 0 Å². The molecule has 0 aromatic heterocycles. The molecular formula is C20H20O5. The summed E-state index contributed by atoms with van der Waals surface area (Å²) in [6, 6.07) is 5.35. The van der Waals surface area contributed by atoms with Gasteiger partial charge in [-0.05, 0) is 47.8 Å². The van der Waals surface area contributed by atoms with Gasteiger partial charge in [-0.2, -0.15) is 0 Å². The Morgan fingerprint density at radius 2 is 2.04 bits per heavy atom. The molecule has 2 aromatic carbocycles. The number of phenolic OH excluding ortho intramolecular Hbond substituents is 2. The van der Waals surface area contributed by atoms with Crippen LogP contribution in [0.3, 0.4) is 0 Å². The number of fused-ring (bicyclic) bond motifs is 5. The number of esters is 1. The van der Waals surface area contributed by atoms with Gasteiger partial charge in [0.25, 0.3) is 0 Å². The van der Waals surface area contributed by atoms with Crippen molar-refractivity contribution in [3.63, 3.8) is 0 Å². The number of benzene rings is 2. The molecule has 130 valence electrons. The molecule has 2 aromatic rings. The topological polar surface area (TPSA) is 83.8 Å². The molecule has 0 bridgehead atoms. The lowest BCUT2D eigenvalue weighted by Crippen LogP contribution is -2.32. The fourth-order valence-corrected chi connectivity index (χ4v) is 4.64. The highest BCUT2D eigenvalue weighted by molar-refractivity contribution is 5.98. The third-order valence-electron chi connectivity index (χ3n) is 5.94. The number of hydrogen-bond donors (Lipinski definition) is 2. The van der Waals surface area contributed by atoms with E-state index in [4.69, 9.17) is 4.74 Å². The van der Waals surface area contributed by atoms with E-state index in [1.165, 1.54) is 13.0 Å². The highest BCUT2D eigenvalue weighted by Crippen LogP contribution is 2.56. The van der Waals surface area contributed by atoms with Crippen LogP contribution in [0.5, 0.6) is 17.2 Å². The van der Waals surface area contributed by atoms with Gasteiger partial charge >= 0.3 is 5.97 Å². The number of carbonyl (C=O) groups excluding carboxylic acids is 2. The zero-order valence-electron chi connectivity index (χ0n) is 14.3. The first-order valence-electron chi connectivity index (χ1n) is 8.55. The lowest BCUT2D eigenvalue weighted by molar-refractivity contribution is -0.132. The van der Waals surface area contributed by atoms with Crippen LogP contribution in [0.4, 0.5) is 0 Å². The summed E-state index contributed by atoms with van der Waals surface area (Å²) >= 11 is 0. The molecule has 0 radical (unpaired) electrons. The number of carbonyl (C=O) groups is 2. The maximum Gasteiger partial charge on any atom is 0.308 e. The van der Waals surface area contributed by atoms with Gasteiger partial charge in [0.05, 0.1) is 0 Å². The van der Waals surface area contributed by atoms with E-state index in [1.54, 1.807) is 0 Å². The average Bonchev–Trinajstić information content (AvgIpc) is 2.86. The molecule has 5 heteroatoms. The van der Waals surface area contributed by atoms with Crippen LogP contribution >= 0.6 is 0 Å². The second-order valence-corrected chi connectivity index (χ2v) is 7.33. The van der Waals surface area contributed by atoms with E-state index in [0.717, 1.165) is 24.0 Å². The molecule has 2 N–H and O–H groups in total. The summed E-state index contributed by atoms with van der Waals surface area (Å²) in [4.78, 5) is 23.6. The summed E-state index contributed by atoms with van der Waals surface area (Å²) in [6.45, 7) is 3.26. The van der Waals surface area contributed by atoms with Gasteiger partial charge in [0, 0.05) is 24.1 Å². The SMILES string of the molecule is CC(=O)Oc1c(O)cc2ccc3c(c2c1O)CC[C@]1(C)C(=O)CC[C@@H]31. The Kier molecular flexibility index (Phi) is 3.33. The fourth-order valence-electron chi connectivity index (χ4n) is 4.64. The van der Waals surface area contributed by atoms with Gasteiger partial charge in [0.1, 0.15) is 5.78 Å². The van der Waals surface area contributed by atoms with E-state index < -0.39 is 5.97 Å². The number of aryl methyl sites for hydroxylation is 1. The van der Waals surface area contributed by atoms with Crippen LogP contribution in [0, 0.1) is 5.41 Å². The summed E-state index contributed by atoms with van der Waals surface area (Å²) in [5.74, 6) is -0.822. The smallest absolute Gasteiger partial charge is 0.308 e. The largest absolute Gasteiger partial charge is 0.504 e. The van der Waals surface area contributed by atoms with Crippen LogP contribution < -0.4 is 4.74 Å². The maximum absolute atomic E-state index is 12.4. The molecule has 25 heavy (non-hydrogen) atoms. The van der Waals surface area contributed by atoms with Crippen molar-refractivity contribution in [1.29, 1.82) is 0 Å². The molecule has 5 nitrogen and oxygen atoms in total. The first-order chi connectivity index (χ1) is 11.8. The van der Waals surface area contributed by atoms with Crippen LogP contribution in [0.25, 0.3) is 10.8 Å². The molecule has 0 aliphatic heterocycles. The molecule has 0 spiro atoms. The van der Waals surface area contributed by atoms with E-state index in [2.05, 4.69) is 0 Å². The quantitative estimate of drug-likeness (QED) is 0.612. The second-order valence-electron chi connectivity index (χ2n) is 7.33. The van der Waals surface area contributed by atoms with Gasteiger partial charge in [0.15, 0.2) is 11.5 Å². The predicted octanol–water partition coefficient (Wildman–Crippen LogP) is 3.58. The Balaban J connectivity index is 1.96. The van der Waals surface area contributed by atoms with Crippen molar-refractivity contribution < 1.29 is 24.5 Å². The summed E-state index contributed by atoms with van der Waals surface area (Å²) < 4.78 is 5.01. The zero-order chi connectivity index (χ0) is 17.9. The minimum absolute atomic E-state index is 0.151. The van der Waals surface area contributed by atoms with Crippen LogP contribution in [0.1, 0.15) is 50.2 Å². The van der Waals surface area contributed by atoms with Crippen LogP contribution in [0.15, 0.2) is 18.2 Å². The Morgan fingerprint density at radius 3 is 2.76 bits per heavy atom. The van der Waals surface area contributed by atoms with Gasteiger partial charge in [-0.25, -0.2) is 0 Å². The van der Waals surface area contributed by atoms with Crippen molar-refractivity contribution in [3.8, 4) is 17.2 Å². The standard InChI is InChI=1S/C20H20O5/c1-10(21)25-19-15(22)9-11-3-4-12-13(17(11)18(19)24)7-8-20(2)14(12)5-6-16(20)23/h3-4,9,14,22,24H,5-8H2,1-2H3/t14-,20-/m0/s1. The van der Waals surface area contributed by atoms with Crippen LogP contribution in [-0.4, -0.2) is 22.0 Å². The molecule has 1 fully saturated rings. The van der Waals surface area contributed by atoms with Gasteiger partial charge < -0.3 is 14.9 Å². The average molecular weight is 340 g/mol. The molecule has 0 unspecified atom stereocenters. The Hall–Kier alpha value is -2.56. The summed E-state index contributed by atoms with van der Waals surface area (Å²) in [7, 11) is 0. The van der Waals surface area contributed by atoms with Crippen molar-refractivity contribution in [1.82, 2.24) is 0 Å². The molecule has 1 saturated carbocycles. The highest BCUT2D eigenvalue weighted by atomic mass is 16.5. The summed E-state index contributed by atoms with van der Waals surface area (Å²) in [6.07, 6.45) is 2.83. The van der Waals surface area contributed by atoms with Crippen molar-refractivity contribution in [2.75, 3.05) is 0 Å². The third-order valence-corrected chi connectivity index (χ3v) is 5.94. The molecule has 2 aliphatic rings. The Morgan fingerprint density at radius 1 is 1.28 bits per heavy atom. The van der Waals surface area contributed by atoms with Gasteiger partial charge in [0.2, 0.25) is 5.75 Å². The van der Waals surface area contributed by atoms with E-state index in [1.807, 2.05) is 19.1 Å². The normalized spacial score (nSPS) is 24.9. The van der Waals surface area contributed by atoms with Gasteiger partial charge in [-0.15, -0.1) is 0 Å². The van der Waals surface area contributed by atoms with E-state index >= 15 is 0 Å². The minimum Gasteiger partial charge on any atom is -0.504 e. The summed E-state index contributed by atoms with van der Waals surface area (Å²) in [5, 5.41) is 22.1. The van der Waals surface area contributed by atoms with E-state index in [-0.39, 0.29) is 28.6 Å². The van der Waals surface area contributed by atoms with Crippen molar-refractivity contribution in [3.05, 3.63) is 29.3 Å². The second kappa shape index (κ2) is 5.22. The number of Topliss-reactive ketones (excluding diaryl/α,β-unsaturated/α-hetero) is 1. The first-order valence-corrected chi connectivity index (χ1v) is 8.55. The van der Waals surface area contributed by atoms with Gasteiger partial charge in [-0.3, -0.25) is 9.59 Å². The molecule has 4 rings (SSSR count). The van der Waals surface area contributed by atoms with Crippen molar-refractivity contribution in [2.45, 2.75) is 45.4 Å². The van der Waals surface area contributed by atoms with Crippen molar-refractivity contribution in [2.24, 2.45) is 5.41 Å². The molecule has 0 amide bonds. The Bertz CT molecular complexity index is 930. The number of ketones is 1. The minimum atomic E-state index is -0.608. The zero-order valence-corrected chi connectivity index (χ0v) is 14.3. The maximum atomic E-state index is 12.4. The first kappa shape index (κ1) is 15.9. The number of rotatable bonds is 1. The predicted molar refractivity (Wildman–Crippen MR) is 92.0 cm³/mol. The number of phenols is 2. The molecule has 0 heterocycles. The lowest BCUT2D eigenvalue weighted by Gasteiger charge is -2.37. The van der Waals surface area contributed by atoms with Crippen LogP contribution in [-0.2, 0) is 16.0 Å². The fraction of sp³-hybridized carbons (Fsp3) is 0.400. The molecule has 0 saturated heterocycles. The molecule has 2 aliphatic carbocycles. The van der Waals surface area contributed by atoms with E-state index in [9.17, 15) is 19.8 Å². The summed E-state index contributed by atoms with van der Waals surface area (Å²) in [5.41, 5.74) is 1.74. The highest BCUT2D eigenvalue weighted by Gasteiger charge is 2.49. The number of hydrogen-bond acceptors (Lipinski definition) is 5. The van der Waals surface area contributed by atoms with Gasteiger partial charge in [-0.1, -0.05) is 19.1 Å². The third kappa shape index (κ3) is 2.15. The van der Waals surface area contributed by atoms with Crippen molar-refractivity contribution >= 4 is 22.5 Å². The van der Waals surface area contributed by atoms with E-state index in [0.29, 0.717) is 29.4 Å².